The van der Waals surface area contributed by atoms with Crippen LogP contribution in [0, 0.1) is 20.8 Å². The van der Waals surface area contributed by atoms with Gasteiger partial charge in [-0.1, -0.05) is 0 Å². The lowest BCUT2D eigenvalue weighted by Crippen LogP contribution is -2.13. The van der Waals surface area contributed by atoms with Crippen LogP contribution in [-0.4, -0.2) is 37.6 Å². The summed E-state index contributed by atoms with van der Waals surface area (Å²) in [5.41, 5.74) is 4.98. The number of aryl methyl sites for hydroxylation is 4. The van der Waals surface area contributed by atoms with Crippen molar-refractivity contribution in [3.05, 3.63) is 59.2 Å². The van der Waals surface area contributed by atoms with Gasteiger partial charge in [-0.25, -0.2) is 9.67 Å². The van der Waals surface area contributed by atoms with Crippen LogP contribution in [0.15, 0.2) is 36.5 Å². The molecular formula is C22H24N6O2. The molecule has 0 aliphatic heterocycles. The number of hydrogen-bond donors (Lipinski definition) is 1. The first-order valence-corrected chi connectivity index (χ1v) is 9.78. The molecule has 30 heavy (non-hydrogen) atoms. The normalized spacial score (nSPS) is 11.1. The predicted molar refractivity (Wildman–Crippen MR) is 115 cm³/mol. The summed E-state index contributed by atoms with van der Waals surface area (Å²) in [6.45, 7) is 8.38. The summed E-state index contributed by atoms with van der Waals surface area (Å²) < 4.78 is 8.79. The zero-order valence-corrected chi connectivity index (χ0v) is 17.7. The number of pyridine rings is 1. The summed E-state index contributed by atoms with van der Waals surface area (Å²) in [6, 6.07) is 9.36. The van der Waals surface area contributed by atoms with E-state index in [1.54, 1.807) is 22.5 Å². The monoisotopic (exact) mass is 404 g/mol. The number of amides is 1. The molecule has 8 nitrogen and oxygen atoms in total. The minimum atomic E-state index is -0.207. The van der Waals surface area contributed by atoms with Gasteiger partial charge in [-0.15, -0.1) is 0 Å². The Bertz CT molecular complexity index is 1240. The smallest absolute Gasteiger partial charge is 0.256 e. The zero-order valence-electron chi connectivity index (χ0n) is 17.7. The van der Waals surface area contributed by atoms with Crippen molar-refractivity contribution in [2.24, 2.45) is 0 Å². The Morgan fingerprint density at radius 3 is 2.47 bits per heavy atom. The van der Waals surface area contributed by atoms with Crippen molar-refractivity contribution in [1.29, 1.82) is 0 Å². The maximum absolute atomic E-state index is 13.2. The van der Waals surface area contributed by atoms with Crippen molar-refractivity contribution in [1.82, 2.24) is 24.5 Å². The highest BCUT2D eigenvalue weighted by atomic mass is 16.5. The van der Waals surface area contributed by atoms with Crippen molar-refractivity contribution >= 4 is 22.6 Å². The molecule has 0 radical (unpaired) electrons. The average molecular weight is 404 g/mol. The van der Waals surface area contributed by atoms with Crippen LogP contribution in [0.2, 0.25) is 0 Å². The molecular weight excluding hydrogens is 380 g/mol. The number of carbonyl (C=O) groups excluding carboxylic acids is 1. The molecule has 0 bridgehead atoms. The molecule has 0 saturated heterocycles. The molecule has 1 aromatic carbocycles. The predicted octanol–water partition coefficient (Wildman–Crippen LogP) is 3.82. The first kappa shape index (κ1) is 19.6. The van der Waals surface area contributed by atoms with Gasteiger partial charge in [-0.3, -0.25) is 9.48 Å². The highest BCUT2D eigenvalue weighted by Crippen LogP contribution is 2.26. The van der Waals surface area contributed by atoms with E-state index in [9.17, 15) is 4.79 Å². The Balaban J connectivity index is 1.79. The SMILES string of the molecule is CCn1cc(NC(=O)c2cc(C)nc3c2c(C)nn3-c2ccc(OC)cc2)c(C)n1. The fourth-order valence-electron chi connectivity index (χ4n) is 3.49. The third-order valence-electron chi connectivity index (χ3n) is 5.02. The van der Waals surface area contributed by atoms with Gasteiger partial charge in [0.2, 0.25) is 0 Å². The molecule has 0 aliphatic carbocycles. The Kier molecular flexibility index (Phi) is 4.99. The van der Waals surface area contributed by atoms with Gasteiger partial charge in [-0.2, -0.15) is 10.2 Å². The van der Waals surface area contributed by atoms with E-state index < -0.39 is 0 Å². The van der Waals surface area contributed by atoms with Crippen LogP contribution in [-0.2, 0) is 6.54 Å². The number of rotatable bonds is 5. The minimum absolute atomic E-state index is 0.207. The largest absolute Gasteiger partial charge is 0.497 e. The first-order chi connectivity index (χ1) is 14.4. The van der Waals surface area contributed by atoms with E-state index >= 15 is 0 Å². The second kappa shape index (κ2) is 7.62. The number of hydrogen-bond acceptors (Lipinski definition) is 5. The molecule has 1 N–H and O–H groups in total. The molecule has 154 valence electrons. The number of fused-ring (bicyclic) bond motifs is 1. The van der Waals surface area contributed by atoms with Gasteiger partial charge in [0.25, 0.3) is 5.91 Å². The van der Waals surface area contributed by atoms with E-state index in [2.05, 4.69) is 20.5 Å². The lowest BCUT2D eigenvalue weighted by molar-refractivity contribution is 0.102. The number of carbonyl (C=O) groups is 1. The molecule has 8 heteroatoms. The summed E-state index contributed by atoms with van der Waals surface area (Å²) in [4.78, 5) is 17.9. The zero-order chi connectivity index (χ0) is 21.4. The standard InChI is InChI=1S/C22H24N6O2/c1-6-27-12-19(14(3)25-27)24-22(29)18-11-13(2)23-21-20(18)15(4)26-28(21)16-7-9-17(30-5)10-8-16/h7-12H,6H2,1-5H3,(H,24,29). The van der Waals surface area contributed by atoms with Gasteiger partial charge in [0.1, 0.15) is 5.75 Å². The van der Waals surface area contributed by atoms with Gasteiger partial charge in [0, 0.05) is 18.4 Å². The molecule has 3 aromatic heterocycles. The molecule has 0 saturated carbocycles. The van der Waals surface area contributed by atoms with Crippen molar-refractivity contribution < 1.29 is 9.53 Å². The number of ether oxygens (including phenoxy) is 1. The molecule has 0 aliphatic rings. The quantitative estimate of drug-likeness (QED) is 0.546. The highest BCUT2D eigenvalue weighted by molar-refractivity contribution is 6.13. The van der Waals surface area contributed by atoms with Crippen LogP contribution in [0.25, 0.3) is 16.7 Å². The molecule has 4 aromatic rings. The minimum Gasteiger partial charge on any atom is -0.497 e. The van der Waals surface area contributed by atoms with E-state index in [0.717, 1.165) is 40.4 Å². The summed E-state index contributed by atoms with van der Waals surface area (Å²) in [7, 11) is 1.63. The van der Waals surface area contributed by atoms with Crippen LogP contribution in [0.1, 0.15) is 34.4 Å². The lowest BCUT2D eigenvalue weighted by atomic mass is 10.1. The number of nitrogens with one attached hydrogen (secondary N) is 1. The van der Waals surface area contributed by atoms with E-state index in [1.807, 2.05) is 58.2 Å². The van der Waals surface area contributed by atoms with Crippen LogP contribution >= 0.6 is 0 Å². The number of benzene rings is 1. The molecule has 0 unspecified atom stereocenters. The molecule has 0 atom stereocenters. The van der Waals surface area contributed by atoms with Crippen LogP contribution < -0.4 is 10.1 Å². The third kappa shape index (κ3) is 3.41. The third-order valence-corrected chi connectivity index (χ3v) is 5.02. The van der Waals surface area contributed by atoms with Crippen LogP contribution in [0.3, 0.4) is 0 Å². The molecule has 1 amide bonds. The molecule has 4 rings (SSSR count). The second-order valence-electron chi connectivity index (χ2n) is 7.14. The topological polar surface area (TPSA) is 86.9 Å². The maximum Gasteiger partial charge on any atom is 0.256 e. The fourth-order valence-corrected chi connectivity index (χ4v) is 3.49. The number of aromatic nitrogens is 5. The second-order valence-corrected chi connectivity index (χ2v) is 7.14. The Labute approximate surface area is 174 Å². The summed E-state index contributed by atoms with van der Waals surface area (Å²) >= 11 is 0. The van der Waals surface area contributed by atoms with Crippen molar-refractivity contribution in [3.8, 4) is 11.4 Å². The molecule has 3 heterocycles. The van der Waals surface area contributed by atoms with E-state index in [4.69, 9.17) is 4.74 Å². The Morgan fingerprint density at radius 2 is 1.83 bits per heavy atom. The molecule has 0 spiro atoms. The number of anilines is 1. The Morgan fingerprint density at radius 1 is 1.10 bits per heavy atom. The fraction of sp³-hybridized carbons (Fsp3) is 0.273. The molecule has 0 fully saturated rings. The summed E-state index contributed by atoms with van der Waals surface area (Å²) in [6.07, 6.45) is 1.84. The highest BCUT2D eigenvalue weighted by Gasteiger charge is 2.20. The van der Waals surface area contributed by atoms with Crippen LogP contribution in [0.4, 0.5) is 5.69 Å². The van der Waals surface area contributed by atoms with Crippen molar-refractivity contribution in [3.63, 3.8) is 0 Å². The van der Waals surface area contributed by atoms with Gasteiger partial charge in [0.15, 0.2) is 5.65 Å². The van der Waals surface area contributed by atoms with Gasteiger partial charge in [0.05, 0.1) is 40.8 Å². The van der Waals surface area contributed by atoms with Gasteiger partial charge in [-0.05, 0) is 58.0 Å². The van der Waals surface area contributed by atoms with Crippen LogP contribution in [0.5, 0.6) is 5.75 Å². The van der Waals surface area contributed by atoms with E-state index in [-0.39, 0.29) is 5.91 Å². The average Bonchev–Trinajstić information content (AvgIpc) is 3.26. The van der Waals surface area contributed by atoms with Gasteiger partial charge < -0.3 is 10.1 Å². The summed E-state index contributed by atoms with van der Waals surface area (Å²) in [5, 5.41) is 12.8. The van der Waals surface area contributed by atoms with E-state index in [1.165, 1.54) is 0 Å². The summed E-state index contributed by atoms with van der Waals surface area (Å²) in [5.74, 6) is 0.556. The first-order valence-electron chi connectivity index (χ1n) is 9.78. The number of methoxy groups -OCH3 is 1. The van der Waals surface area contributed by atoms with Crippen molar-refractivity contribution in [2.75, 3.05) is 12.4 Å². The van der Waals surface area contributed by atoms with Gasteiger partial charge >= 0.3 is 0 Å². The lowest BCUT2D eigenvalue weighted by Gasteiger charge is -2.08. The maximum atomic E-state index is 13.2. The van der Waals surface area contributed by atoms with E-state index in [0.29, 0.717) is 16.9 Å². The number of nitrogens with zero attached hydrogens (tertiary/aromatic N) is 5. The van der Waals surface area contributed by atoms with Crippen molar-refractivity contribution in [2.45, 2.75) is 34.2 Å². The Hall–Kier alpha value is -3.68.